The average Bonchev–Trinajstić information content (AvgIpc) is 2.69. The van der Waals surface area contributed by atoms with Crippen LogP contribution in [0.25, 0.3) is 0 Å². The van der Waals surface area contributed by atoms with Crippen LogP contribution in [0.2, 0.25) is 5.02 Å². The van der Waals surface area contributed by atoms with E-state index < -0.39 is 0 Å². The van der Waals surface area contributed by atoms with E-state index >= 15 is 0 Å². The molecule has 0 amide bonds. The van der Waals surface area contributed by atoms with Crippen LogP contribution >= 0.6 is 27.5 Å². The van der Waals surface area contributed by atoms with Crippen molar-refractivity contribution in [3.05, 3.63) is 86.3 Å². The molecule has 0 atom stereocenters. The zero-order chi connectivity index (χ0) is 20.1. The minimum atomic E-state index is 0.475. The van der Waals surface area contributed by atoms with Gasteiger partial charge in [0.25, 0.3) is 0 Å². The minimum absolute atomic E-state index is 0.475. The van der Waals surface area contributed by atoms with Gasteiger partial charge in [-0.3, -0.25) is 0 Å². The summed E-state index contributed by atoms with van der Waals surface area (Å²) >= 11 is 9.89. The van der Waals surface area contributed by atoms with Crippen molar-refractivity contribution in [3.8, 4) is 11.5 Å². The van der Waals surface area contributed by atoms with Crippen LogP contribution in [0, 0.1) is 13.8 Å². The van der Waals surface area contributed by atoms with E-state index in [1.807, 2.05) is 49.4 Å². The fourth-order valence-electron chi connectivity index (χ4n) is 2.88. The molecule has 0 aromatic heterocycles. The maximum Gasteiger partial charge on any atom is 0.167 e. The van der Waals surface area contributed by atoms with Gasteiger partial charge in [-0.05, 0) is 54.8 Å². The maximum atomic E-state index is 6.24. The van der Waals surface area contributed by atoms with Crippen molar-refractivity contribution in [2.75, 3.05) is 12.4 Å². The standard InChI is InChI=1S/C23H23BrClNO2/c1-15-6-4-5-7-17(15)14-28-23-19(20(24)10-11-22(23)27-3)13-26-18-9-8-16(2)21(25)12-18/h4-12,26H,13-14H2,1-3H3. The summed E-state index contributed by atoms with van der Waals surface area (Å²) in [5, 5.41) is 4.16. The molecule has 0 aliphatic heterocycles. The van der Waals surface area contributed by atoms with Crippen molar-refractivity contribution in [2.24, 2.45) is 0 Å². The van der Waals surface area contributed by atoms with Gasteiger partial charge in [-0.15, -0.1) is 0 Å². The van der Waals surface area contributed by atoms with Crippen LogP contribution in [0.1, 0.15) is 22.3 Å². The van der Waals surface area contributed by atoms with E-state index in [1.165, 1.54) is 5.56 Å². The quantitative estimate of drug-likeness (QED) is 0.415. The van der Waals surface area contributed by atoms with Crippen molar-refractivity contribution < 1.29 is 9.47 Å². The summed E-state index contributed by atoms with van der Waals surface area (Å²) in [4.78, 5) is 0. The van der Waals surface area contributed by atoms with Crippen LogP contribution in [0.3, 0.4) is 0 Å². The number of anilines is 1. The summed E-state index contributed by atoms with van der Waals surface area (Å²) in [6.45, 7) is 5.12. The van der Waals surface area contributed by atoms with Gasteiger partial charge in [0.2, 0.25) is 0 Å². The van der Waals surface area contributed by atoms with E-state index in [-0.39, 0.29) is 0 Å². The van der Waals surface area contributed by atoms with Crippen LogP contribution < -0.4 is 14.8 Å². The largest absolute Gasteiger partial charge is 0.493 e. The molecule has 1 N–H and O–H groups in total. The van der Waals surface area contributed by atoms with Gasteiger partial charge in [0.05, 0.1) is 7.11 Å². The molecular weight excluding hydrogens is 438 g/mol. The summed E-state index contributed by atoms with van der Waals surface area (Å²) in [7, 11) is 1.65. The first-order chi connectivity index (χ1) is 13.5. The minimum Gasteiger partial charge on any atom is -0.493 e. The molecule has 0 radical (unpaired) electrons. The molecule has 0 fully saturated rings. The number of ether oxygens (including phenoxy) is 2. The Bertz CT molecular complexity index is 975. The Morgan fingerprint density at radius 3 is 2.50 bits per heavy atom. The third-order valence-corrected chi connectivity index (χ3v) is 5.81. The Morgan fingerprint density at radius 2 is 1.79 bits per heavy atom. The zero-order valence-corrected chi connectivity index (χ0v) is 18.5. The molecule has 0 aliphatic rings. The molecule has 0 bridgehead atoms. The van der Waals surface area contributed by atoms with E-state index in [0.29, 0.717) is 18.9 Å². The number of rotatable bonds is 7. The third kappa shape index (κ3) is 4.81. The summed E-state index contributed by atoms with van der Waals surface area (Å²) in [5.41, 5.74) is 5.34. The van der Waals surface area contributed by atoms with Crippen LogP contribution in [0.4, 0.5) is 5.69 Å². The van der Waals surface area contributed by atoms with Gasteiger partial charge < -0.3 is 14.8 Å². The molecule has 0 spiro atoms. The molecule has 0 unspecified atom stereocenters. The highest BCUT2D eigenvalue weighted by Crippen LogP contribution is 2.37. The number of hydrogen-bond donors (Lipinski definition) is 1. The lowest BCUT2D eigenvalue weighted by Gasteiger charge is -2.18. The molecule has 0 heterocycles. The van der Waals surface area contributed by atoms with Gasteiger partial charge in [-0.25, -0.2) is 0 Å². The smallest absolute Gasteiger partial charge is 0.167 e. The molecule has 0 saturated carbocycles. The topological polar surface area (TPSA) is 30.5 Å². The second kappa shape index (κ2) is 9.35. The molecule has 3 rings (SSSR count). The van der Waals surface area contributed by atoms with Gasteiger partial charge in [-0.1, -0.05) is 57.9 Å². The van der Waals surface area contributed by atoms with Crippen molar-refractivity contribution in [1.29, 1.82) is 0 Å². The maximum absolute atomic E-state index is 6.24. The number of aryl methyl sites for hydroxylation is 2. The molecule has 3 aromatic carbocycles. The Kier molecular flexibility index (Phi) is 6.87. The van der Waals surface area contributed by atoms with E-state index in [1.54, 1.807) is 7.11 Å². The van der Waals surface area contributed by atoms with Gasteiger partial charge in [-0.2, -0.15) is 0 Å². The molecular formula is C23H23BrClNO2. The molecule has 0 aliphatic carbocycles. The molecule has 28 heavy (non-hydrogen) atoms. The van der Waals surface area contributed by atoms with Gasteiger partial charge >= 0.3 is 0 Å². The van der Waals surface area contributed by atoms with E-state index in [2.05, 4.69) is 40.3 Å². The fraction of sp³-hybridized carbons (Fsp3) is 0.217. The van der Waals surface area contributed by atoms with E-state index in [0.717, 1.165) is 37.6 Å². The Hall–Kier alpha value is -2.17. The first kappa shape index (κ1) is 20.6. The fourth-order valence-corrected chi connectivity index (χ4v) is 3.51. The summed E-state index contributed by atoms with van der Waals surface area (Å²) in [6.07, 6.45) is 0. The third-order valence-electron chi connectivity index (χ3n) is 4.66. The van der Waals surface area contributed by atoms with Crippen molar-refractivity contribution in [2.45, 2.75) is 27.0 Å². The number of benzene rings is 3. The Labute approximate surface area is 179 Å². The highest BCUT2D eigenvalue weighted by molar-refractivity contribution is 9.10. The normalized spacial score (nSPS) is 10.6. The monoisotopic (exact) mass is 459 g/mol. The lowest BCUT2D eigenvalue weighted by molar-refractivity contribution is 0.281. The molecule has 146 valence electrons. The van der Waals surface area contributed by atoms with E-state index in [9.17, 15) is 0 Å². The Morgan fingerprint density at radius 1 is 1.00 bits per heavy atom. The van der Waals surface area contributed by atoms with Crippen LogP contribution in [0.5, 0.6) is 11.5 Å². The highest BCUT2D eigenvalue weighted by Gasteiger charge is 2.15. The zero-order valence-electron chi connectivity index (χ0n) is 16.2. The first-order valence-electron chi connectivity index (χ1n) is 9.02. The van der Waals surface area contributed by atoms with Crippen LogP contribution in [-0.2, 0) is 13.2 Å². The van der Waals surface area contributed by atoms with Crippen molar-refractivity contribution >= 4 is 33.2 Å². The average molecular weight is 461 g/mol. The first-order valence-corrected chi connectivity index (χ1v) is 10.2. The van der Waals surface area contributed by atoms with Gasteiger partial charge in [0.15, 0.2) is 11.5 Å². The SMILES string of the molecule is COc1ccc(Br)c(CNc2ccc(C)c(Cl)c2)c1OCc1ccccc1C. The lowest BCUT2D eigenvalue weighted by atomic mass is 10.1. The van der Waals surface area contributed by atoms with Gasteiger partial charge in [0.1, 0.15) is 6.61 Å². The highest BCUT2D eigenvalue weighted by atomic mass is 79.9. The molecule has 3 aromatic rings. The number of hydrogen-bond acceptors (Lipinski definition) is 3. The number of nitrogens with one attached hydrogen (secondary N) is 1. The van der Waals surface area contributed by atoms with Gasteiger partial charge in [0, 0.05) is 27.3 Å². The van der Waals surface area contributed by atoms with Crippen LogP contribution in [-0.4, -0.2) is 7.11 Å². The van der Waals surface area contributed by atoms with Crippen molar-refractivity contribution in [1.82, 2.24) is 0 Å². The number of methoxy groups -OCH3 is 1. The second-order valence-electron chi connectivity index (χ2n) is 6.59. The second-order valence-corrected chi connectivity index (χ2v) is 7.85. The van der Waals surface area contributed by atoms with E-state index in [4.69, 9.17) is 21.1 Å². The number of halogens is 2. The van der Waals surface area contributed by atoms with Crippen molar-refractivity contribution in [3.63, 3.8) is 0 Å². The lowest BCUT2D eigenvalue weighted by Crippen LogP contribution is -2.07. The summed E-state index contributed by atoms with van der Waals surface area (Å²) in [5.74, 6) is 1.43. The molecule has 5 heteroatoms. The predicted octanol–water partition coefficient (Wildman–Crippen LogP) is 6.92. The molecule has 0 saturated heterocycles. The predicted molar refractivity (Wildman–Crippen MR) is 120 cm³/mol. The van der Waals surface area contributed by atoms with Crippen LogP contribution in [0.15, 0.2) is 59.1 Å². The molecule has 3 nitrogen and oxygen atoms in total. The summed E-state index contributed by atoms with van der Waals surface area (Å²) < 4.78 is 12.7. The summed E-state index contributed by atoms with van der Waals surface area (Å²) in [6, 6.07) is 18.0. The Balaban J connectivity index is 1.85.